The second kappa shape index (κ2) is 5.81. The van der Waals surface area contributed by atoms with Gasteiger partial charge >= 0.3 is 0 Å². The van der Waals surface area contributed by atoms with Crippen molar-refractivity contribution in [2.45, 2.75) is 13.5 Å². The van der Waals surface area contributed by atoms with Crippen LogP contribution in [-0.2, 0) is 13.6 Å². The van der Waals surface area contributed by atoms with Gasteiger partial charge in [0.15, 0.2) is 0 Å². The van der Waals surface area contributed by atoms with Crippen LogP contribution >= 0.6 is 0 Å². The minimum atomic E-state index is 0.0377. The van der Waals surface area contributed by atoms with Crippen LogP contribution in [0.4, 0.5) is 0 Å². The number of fused-ring (bicyclic) bond motifs is 2. The molecule has 0 radical (unpaired) electrons. The number of hydrogen-bond donors (Lipinski definition) is 0. The molecule has 0 unspecified atom stereocenters. The number of carbonyl (C=O) groups excluding carboxylic acids is 1. The van der Waals surface area contributed by atoms with E-state index in [2.05, 4.69) is 11.5 Å². The average molecular weight is 332 g/mol. The Hall–Kier alpha value is -3.01. The van der Waals surface area contributed by atoms with Crippen LogP contribution in [0.25, 0.3) is 21.8 Å². The fourth-order valence-corrected chi connectivity index (χ4v) is 3.54. The maximum absolute atomic E-state index is 13.3. The highest BCUT2D eigenvalue weighted by molar-refractivity contribution is 6.11. The van der Waals surface area contributed by atoms with Crippen LogP contribution in [0.1, 0.15) is 23.1 Å². The van der Waals surface area contributed by atoms with E-state index in [0.717, 1.165) is 34.1 Å². The number of aromatic nitrogens is 2. The molecule has 4 aromatic rings. The highest BCUT2D eigenvalue weighted by Crippen LogP contribution is 2.27. The number of benzene rings is 2. The Balaban J connectivity index is 1.90. The molecule has 0 saturated carbocycles. The van der Waals surface area contributed by atoms with Gasteiger partial charge in [-0.2, -0.15) is 0 Å². The van der Waals surface area contributed by atoms with Crippen molar-refractivity contribution in [3.05, 3.63) is 66.0 Å². The molecular formula is C21H20N2O2. The zero-order chi connectivity index (χ0) is 17.6. The van der Waals surface area contributed by atoms with Gasteiger partial charge in [0.2, 0.25) is 5.78 Å². The van der Waals surface area contributed by atoms with E-state index in [9.17, 15) is 4.79 Å². The largest absolute Gasteiger partial charge is 0.497 e. The fourth-order valence-electron chi connectivity index (χ4n) is 3.54. The van der Waals surface area contributed by atoms with Gasteiger partial charge in [0.05, 0.1) is 18.5 Å². The summed E-state index contributed by atoms with van der Waals surface area (Å²) < 4.78 is 9.34. The highest BCUT2D eigenvalue weighted by atomic mass is 16.5. The predicted molar refractivity (Wildman–Crippen MR) is 101 cm³/mol. The topological polar surface area (TPSA) is 36.2 Å². The maximum Gasteiger partial charge on any atom is 0.225 e. The van der Waals surface area contributed by atoms with Crippen LogP contribution in [-0.4, -0.2) is 22.0 Å². The van der Waals surface area contributed by atoms with Crippen LogP contribution in [0, 0.1) is 0 Å². The third-order valence-corrected chi connectivity index (χ3v) is 4.84. The molecule has 0 aliphatic heterocycles. The summed E-state index contributed by atoms with van der Waals surface area (Å²) in [7, 11) is 3.59. The van der Waals surface area contributed by atoms with Crippen molar-refractivity contribution in [3.8, 4) is 5.75 Å². The molecule has 2 heterocycles. The van der Waals surface area contributed by atoms with Crippen molar-refractivity contribution < 1.29 is 9.53 Å². The molecule has 126 valence electrons. The van der Waals surface area contributed by atoms with E-state index in [1.54, 1.807) is 7.11 Å². The van der Waals surface area contributed by atoms with Gasteiger partial charge < -0.3 is 13.9 Å². The third kappa shape index (κ3) is 2.33. The predicted octanol–water partition coefficient (Wildman–Crippen LogP) is 4.39. The van der Waals surface area contributed by atoms with Crippen LogP contribution in [0.5, 0.6) is 5.75 Å². The molecule has 4 nitrogen and oxygen atoms in total. The Bertz CT molecular complexity index is 1100. The Labute approximate surface area is 146 Å². The number of ether oxygens (including phenoxy) is 1. The van der Waals surface area contributed by atoms with Crippen molar-refractivity contribution in [3.63, 3.8) is 0 Å². The lowest BCUT2D eigenvalue weighted by atomic mass is 10.2. The molecule has 4 rings (SSSR count). The van der Waals surface area contributed by atoms with E-state index in [1.807, 2.05) is 66.2 Å². The number of ketones is 1. The van der Waals surface area contributed by atoms with Crippen molar-refractivity contribution >= 4 is 27.6 Å². The van der Waals surface area contributed by atoms with Crippen LogP contribution in [0.3, 0.4) is 0 Å². The molecule has 25 heavy (non-hydrogen) atoms. The summed E-state index contributed by atoms with van der Waals surface area (Å²) in [4.78, 5) is 13.3. The second-order valence-electron chi connectivity index (χ2n) is 6.18. The first-order chi connectivity index (χ1) is 12.1. The van der Waals surface area contributed by atoms with Gasteiger partial charge in [-0.05, 0) is 43.3 Å². The molecule has 4 heteroatoms. The zero-order valence-corrected chi connectivity index (χ0v) is 14.6. The molecule has 0 amide bonds. The van der Waals surface area contributed by atoms with Gasteiger partial charge in [0.25, 0.3) is 0 Å². The monoisotopic (exact) mass is 332 g/mol. The normalized spacial score (nSPS) is 11.3. The smallest absolute Gasteiger partial charge is 0.225 e. The van der Waals surface area contributed by atoms with Gasteiger partial charge in [0.1, 0.15) is 5.75 Å². The van der Waals surface area contributed by atoms with Crippen LogP contribution < -0.4 is 4.74 Å². The number of para-hydroxylation sites is 1. The van der Waals surface area contributed by atoms with E-state index in [1.165, 1.54) is 0 Å². The second-order valence-corrected chi connectivity index (χ2v) is 6.18. The SMILES string of the molecule is CCn1c(C(=O)c2cc3ccccc3n2C)cc2cc(OC)ccc21. The quantitative estimate of drug-likeness (QED) is 0.520. The highest BCUT2D eigenvalue weighted by Gasteiger charge is 2.20. The van der Waals surface area contributed by atoms with E-state index in [4.69, 9.17) is 4.74 Å². The van der Waals surface area contributed by atoms with Crippen molar-refractivity contribution in [2.24, 2.45) is 7.05 Å². The van der Waals surface area contributed by atoms with Crippen molar-refractivity contribution in [1.29, 1.82) is 0 Å². The third-order valence-electron chi connectivity index (χ3n) is 4.84. The van der Waals surface area contributed by atoms with E-state index < -0.39 is 0 Å². The molecule has 0 saturated heterocycles. The average Bonchev–Trinajstić information content (AvgIpc) is 3.18. The summed E-state index contributed by atoms with van der Waals surface area (Å²) in [5.41, 5.74) is 3.51. The van der Waals surface area contributed by atoms with Gasteiger partial charge in [0, 0.05) is 35.4 Å². The lowest BCUT2D eigenvalue weighted by Gasteiger charge is -2.08. The molecule has 0 atom stereocenters. The summed E-state index contributed by atoms with van der Waals surface area (Å²) in [6.45, 7) is 2.79. The summed E-state index contributed by atoms with van der Waals surface area (Å²) in [6, 6.07) is 17.9. The summed E-state index contributed by atoms with van der Waals surface area (Å²) in [5, 5.41) is 2.09. The number of hydrogen-bond acceptors (Lipinski definition) is 2. The Kier molecular flexibility index (Phi) is 3.61. The molecule has 2 aromatic carbocycles. The minimum Gasteiger partial charge on any atom is -0.497 e. The molecular weight excluding hydrogens is 312 g/mol. The zero-order valence-electron chi connectivity index (χ0n) is 14.6. The summed E-state index contributed by atoms with van der Waals surface area (Å²) in [6.07, 6.45) is 0. The van der Waals surface area contributed by atoms with Gasteiger partial charge in [-0.15, -0.1) is 0 Å². The molecule has 0 fully saturated rings. The van der Waals surface area contributed by atoms with Gasteiger partial charge in [-0.25, -0.2) is 0 Å². The van der Waals surface area contributed by atoms with E-state index >= 15 is 0 Å². The van der Waals surface area contributed by atoms with E-state index in [0.29, 0.717) is 11.4 Å². The number of aryl methyl sites for hydroxylation is 2. The Morgan fingerprint density at radius 2 is 1.72 bits per heavy atom. The van der Waals surface area contributed by atoms with E-state index in [-0.39, 0.29) is 5.78 Å². The summed E-state index contributed by atoms with van der Waals surface area (Å²) >= 11 is 0. The lowest BCUT2D eigenvalue weighted by Crippen LogP contribution is -2.12. The molecule has 2 aromatic heterocycles. The lowest BCUT2D eigenvalue weighted by molar-refractivity contribution is 0.102. The number of methoxy groups -OCH3 is 1. The van der Waals surface area contributed by atoms with Gasteiger partial charge in [-0.3, -0.25) is 4.79 Å². The molecule has 0 aliphatic carbocycles. The Morgan fingerprint density at radius 3 is 2.44 bits per heavy atom. The van der Waals surface area contributed by atoms with Crippen LogP contribution in [0.15, 0.2) is 54.6 Å². The van der Waals surface area contributed by atoms with Crippen molar-refractivity contribution in [2.75, 3.05) is 7.11 Å². The molecule has 0 aliphatic rings. The van der Waals surface area contributed by atoms with Crippen LogP contribution in [0.2, 0.25) is 0 Å². The number of nitrogens with zero attached hydrogens (tertiary/aromatic N) is 2. The minimum absolute atomic E-state index is 0.0377. The standard InChI is InChI=1S/C21H20N2O2/c1-4-23-18-10-9-16(25-3)11-15(18)13-20(23)21(24)19-12-14-7-5-6-8-17(14)22(19)2/h5-13H,4H2,1-3H3. The van der Waals surface area contributed by atoms with Gasteiger partial charge in [-0.1, -0.05) is 18.2 Å². The number of carbonyl (C=O) groups is 1. The van der Waals surface area contributed by atoms with Crippen molar-refractivity contribution in [1.82, 2.24) is 9.13 Å². The fraction of sp³-hybridized carbons (Fsp3) is 0.190. The Morgan fingerprint density at radius 1 is 0.960 bits per heavy atom. The maximum atomic E-state index is 13.3. The summed E-state index contributed by atoms with van der Waals surface area (Å²) in [5.74, 6) is 0.833. The first kappa shape index (κ1) is 15.5. The molecule has 0 spiro atoms. The first-order valence-electron chi connectivity index (χ1n) is 8.40. The first-order valence-corrected chi connectivity index (χ1v) is 8.40. The molecule has 0 bridgehead atoms. The molecule has 0 N–H and O–H groups in total. The number of rotatable bonds is 4.